The van der Waals surface area contributed by atoms with Gasteiger partial charge in [-0.2, -0.15) is 0 Å². The van der Waals surface area contributed by atoms with Crippen molar-refractivity contribution in [2.75, 3.05) is 13.2 Å². The molecule has 1 fully saturated rings. The number of hydrogen-bond acceptors (Lipinski definition) is 2. The minimum absolute atomic E-state index is 0.115. The number of fused-ring (bicyclic) bond motifs is 1. The van der Waals surface area contributed by atoms with E-state index in [9.17, 15) is 9.18 Å². The minimum atomic E-state index is -0.302. The van der Waals surface area contributed by atoms with Crippen LogP contribution in [0.15, 0.2) is 18.2 Å². The highest BCUT2D eigenvalue weighted by Crippen LogP contribution is 2.30. The molecule has 0 unspecified atom stereocenters. The fourth-order valence-electron chi connectivity index (χ4n) is 3.15. The van der Waals surface area contributed by atoms with E-state index in [2.05, 4.69) is 10.6 Å². The van der Waals surface area contributed by atoms with E-state index in [-0.39, 0.29) is 23.4 Å². The lowest BCUT2D eigenvalue weighted by Crippen LogP contribution is -2.51. The Morgan fingerprint density at radius 2 is 2.33 bits per heavy atom. The maximum Gasteiger partial charge on any atom is 0.315 e. The molecule has 1 aromatic rings. The van der Waals surface area contributed by atoms with Crippen molar-refractivity contribution in [1.29, 1.82) is 0 Å². The molecule has 2 N–H and O–H groups in total. The Labute approximate surface area is 124 Å². The van der Waals surface area contributed by atoms with Crippen LogP contribution in [-0.4, -0.2) is 24.8 Å². The smallest absolute Gasteiger partial charge is 0.315 e. The average molecular weight is 292 g/mol. The molecule has 21 heavy (non-hydrogen) atoms. The van der Waals surface area contributed by atoms with Gasteiger partial charge in [0.15, 0.2) is 0 Å². The van der Waals surface area contributed by atoms with Crippen molar-refractivity contribution in [3.05, 3.63) is 35.1 Å². The highest BCUT2D eigenvalue weighted by Gasteiger charge is 2.32. The molecule has 1 aliphatic heterocycles. The number of carbonyl (C=O) groups is 1. The summed E-state index contributed by atoms with van der Waals surface area (Å²) in [6, 6.07) is 4.53. The van der Waals surface area contributed by atoms with Crippen LogP contribution in [0, 0.1) is 5.82 Å². The molecule has 1 aromatic carbocycles. The second kappa shape index (κ2) is 5.64. The molecule has 0 radical (unpaired) electrons. The highest BCUT2D eigenvalue weighted by atomic mass is 19.1. The molecule has 1 aliphatic carbocycles. The third-order valence-electron chi connectivity index (χ3n) is 4.36. The summed E-state index contributed by atoms with van der Waals surface area (Å²) in [5.74, 6) is -0.251. The average Bonchev–Trinajstić information content (AvgIpc) is 2.85. The Hall–Kier alpha value is -1.62. The number of amides is 2. The predicted molar refractivity (Wildman–Crippen MR) is 77.6 cm³/mol. The molecule has 4 nitrogen and oxygen atoms in total. The molecule has 1 heterocycles. The van der Waals surface area contributed by atoms with Gasteiger partial charge >= 0.3 is 6.03 Å². The largest absolute Gasteiger partial charge is 0.379 e. The van der Waals surface area contributed by atoms with E-state index in [4.69, 9.17) is 4.74 Å². The summed E-state index contributed by atoms with van der Waals surface area (Å²) in [5, 5.41) is 5.96. The number of nitrogens with one attached hydrogen (secondary N) is 2. The van der Waals surface area contributed by atoms with E-state index < -0.39 is 0 Å². The van der Waals surface area contributed by atoms with Crippen molar-refractivity contribution in [2.24, 2.45) is 0 Å². The monoisotopic (exact) mass is 292 g/mol. The number of urea groups is 1. The number of carbonyl (C=O) groups excluding carboxylic acids is 1. The van der Waals surface area contributed by atoms with Crippen LogP contribution in [0.3, 0.4) is 0 Å². The Kier molecular flexibility index (Phi) is 3.85. The fraction of sp³-hybridized carbons (Fsp3) is 0.562. The van der Waals surface area contributed by atoms with Crippen LogP contribution in [0.4, 0.5) is 9.18 Å². The zero-order valence-electron chi connectivity index (χ0n) is 12.2. The lowest BCUT2D eigenvalue weighted by Gasteiger charge is -2.29. The quantitative estimate of drug-likeness (QED) is 0.880. The van der Waals surface area contributed by atoms with Gasteiger partial charge in [-0.15, -0.1) is 0 Å². The third-order valence-corrected chi connectivity index (χ3v) is 4.36. The Balaban J connectivity index is 1.68. The molecule has 2 atom stereocenters. The molecule has 0 aromatic heterocycles. The van der Waals surface area contributed by atoms with Gasteiger partial charge in [0.05, 0.1) is 18.2 Å². The predicted octanol–water partition coefficient (Wildman–Crippen LogP) is 2.68. The molecule has 2 aliphatic rings. The number of hydrogen-bond donors (Lipinski definition) is 2. The Morgan fingerprint density at radius 3 is 3.10 bits per heavy atom. The van der Waals surface area contributed by atoms with Gasteiger partial charge < -0.3 is 15.4 Å². The van der Waals surface area contributed by atoms with Crippen molar-refractivity contribution in [3.63, 3.8) is 0 Å². The van der Waals surface area contributed by atoms with E-state index >= 15 is 0 Å². The van der Waals surface area contributed by atoms with E-state index in [0.29, 0.717) is 13.2 Å². The van der Waals surface area contributed by atoms with Crippen LogP contribution in [0.5, 0.6) is 0 Å². The van der Waals surface area contributed by atoms with Gasteiger partial charge in [-0.1, -0.05) is 6.07 Å². The molecule has 114 valence electrons. The van der Waals surface area contributed by atoms with Gasteiger partial charge in [0.1, 0.15) is 5.82 Å². The second-order valence-corrected chi connectivity index (χ2v) is 6.25. The van der Waals surface area contributed by atoms with Gasteiger partial charge in [0.25, 0.3) is 0 Å². The summed E-state index contributed by atoms with van der Waals surface area (Å²) < 4.78 is 18.8. The maximum absolute atomic E-state index is 13.4. The summed E-state index contributed by atoms with van der Waals surface area (Å²) in [5.41, 5.74) is 1.73. The summed E-state index contributed by atoms with van der Waals surface area (Å²) in [7, 11) is 0. The van der Waals surface area contributed by atoms with Crippen molar-refractivity contribution in [1.82, 2.24) is 10.6 Å². The second-order valence-electron chi connectivity index (χ2n) is 6.25. The van der Waals surface area contributed by atoms with Crippen molar-refractivity contribution >= 4 is 6.03 Å². The van der Waals surface area contributed by atoms with E-state index in [0.717, 1.165) is 36.8 Å². The van der Waals surface area contributed by atoms with Crippen LogP contribution in [0.1, 0.15) is 43.4 Å². The molecule has 0 bridgehead atoms. The first-order valence-corrected chi connectivity index (χ1v) is 7.50. The molecule has 5 heteroatoms. The van der Waals surface area contributed by atoms with E-state index in [1.807, 2.05) is 13.0 Å². The first-order valence-electron chi connectivity index (χ1n) is 7.50. The number of benzene rings is 1. The SMILES string of the molecule is C[C@]1(NC(=O)N[C@@H]2CCCc3ccc(F)cc32)CCOC1. The number of ether oxygens (including phenoxy) is 1. The van der Waals surface area contributed by atoms with Crippen LogP contribution in [-0.2, 0) is 11.2 Å². The maximum atomic E-state index is 13.4. The van der Waals surface area contributed by atoms with Crippen molar-refractivity contribution in [2.45, 2.75) is 44.2 Å². The topological polar surface area (TPSA) is 50.4 Å². The van der Waals surface area contributed by atoms with Crippen LogP contribution >= 0.6 is 0 Å². The fourth-order valence-corrected chi connectivity index (χ4v) is 3.15. The molecular formula is C16H21FN2O2. The Bertz CT molecular complexity index is 541. The first kappa shape index (κ1) is 14.3. The number of halogens is 1. The summed E-state index contributed by atoms with van der Waals surface area (Å²) in [4.78, 5) is 12.2. The van der Waals surface area contributed by atoms with Crippen LogP contribution in [0.2, 0.25) is 0 Å². The van der Waals surface area contributed by atoms with Gasteiger partial charge in [-0.3, -0.25) is 0 Å². The molecule has 1 saturated heterocycles. The number of rotatable bonds is 2. The van der Waals surface area contributed by atoms with E-state index in [1.54, 1.807) is 6.07 Å². The minimum Gasteiger partial charge on any atom is -0.379 e. The van der Waals surface area contributed by atoms with E-state index in [1.165, 1.54) is 6.07 Å². The van der Waals surface area contributed by atoms with Crippen LogP contribution < -0.4 is 10.6 Å². The molecule has 0 spiro atoms. The molecule has 2 amide bonds. The summed E-state index contributed by atoms with van der Waals surface area (Å²) >= 11 is 0. The van der Waals surface area contributed by atoms with Gasteiger partial charge in [-0.25, -0.2) is 9.18 Å². The molecular weight excluding hydrogens is 271 g/mol. The van der Waals surface area contributed by atoms with Crippen molar-refractivity contribution < 1.29 is 13.9 Å². The number of aryl methyl sites for hydroxylation is 1. The Morgan fingerprint density at radius 1 is 1.48 bits per heavy atom. The highest BCUT2D eigenvalue weighted by molar-refractivity contribution is 5.75. The van der Waals surface area contributed by atoms with Crippen LogP contribution in [0.25, 0.3) is 0 Å². The molecule has 0 saturated carbocycles. The molecule has 3 rings (SSSR count). The third kappa shape index (κ3) is 3.18. The summed E-state index contributed by atoms with van der Waals surface area (Å²) in [6.07, 6.45) is 3.61. The van der Waals surface area contributed by atoms with Gasteiger partial charge in [0, 0.05) is 6.61 Å². The van der Waals surface area contributed by atoms with Crippen molar-refractivity contribution in [3.8, 4) is 0 Å². The lowest BCUT2D eigenvalue weighted by atomic mass is 9.87. The van der Waals surface area contributed by atoms with Gasteiger partial charge in [0.2, 0.25) is 0 Å². The summed E-state index contributed by atoms with van der Waals surface area (Å²) in [6.45, 7) is 3.19. The normalized spacial score (nSPS) is 28.0. The standard InChI is InChI=1S/C16H21FN2O2/c1-16(7-8-21-10-16)19-15(20)18-14-4-2-3-11-5-6-12(17)9-13(11)14/h5-6,9,14H,2-4,7-8,10H2,1H3,(H2,18,19,20)/t14-,16+/m1/s1. The zero-order valence-corrected chi connectivity index (χ0v) is 12.2. The van der Waals surface area contributed by atoms with Gasteiger partial charge in [-0.05, 0) is 55.9 Å². The zero-order chi connectivity index (χ0) is 14.9. The lowest BCUT2D eigenvalue weighted by molar-refractivity contribution is 0.169. The first-order chi connectivity index (χ1) is 10.1.